The fourth-order valence-corrected chi connectivity index (χ4v) is 2.97. The molecule has 1 N–H and O–H groups in total. The Morgan fingerprint density at radius 1 is 1.12 bits per heavy atom. The highest BCUT2D eigenvalue weighted by molar-refractivity contribution is 7.21. The van der Waals surface area contributed by atoms with Gasteiger partial charge in [-0.2, -0.15) is 5.10 Å². The van der Waals surface area contributed by atoms with Gasteiger partial charge in [0.2, 0.25) is 5.13 Å². The number of aryl methyl sites for hydroxylation is 1. The van der Waals surface area contributed by atoms with E-state index in [-0.39, 0.29) is 0 Å². The molecule has 0 aliphatic carbocycles. The van der Waals surface area contributed by atoms with E-state index in [1.165, 1.54) is 11.3 Å². The van der Waals surface area contributed by atoms with E-state index in [1.54, 1.807) is 0 Å². The summed E-state index contributed by atoms with van der Waals surface area (Å²) < 4.78 is 1.11. The quantitative estimate of drug-likeness (QED) is 0.272. The highest BCUT2D eigenvalue weighted by Crippen LogP contribution is 2.27. The molecule has 0 radical (unpaired) electrons. The van der Waals surface area contributed by atoms with Crippen molar-refractivity contribution in [1.29, 1.82) is 0 Å². The summed E-state index contributed by atoms with van der Waals surface area (Å²) in [6.07, 6.45) is 1.71. The number of nitrogens with one attached hydrogen (secondary N) is 1. The predicted octanol–water partition coefficient (Wildman–Crippen LogP) is 5.91. The van der Waals surface area contributed by atoms with Crippen molar-refractivity contribution in [2.45, 2.75) is 26.7 Å². The maximum Gasteiger partial charge on any atom is 0.231 e. The third-order valence-corrected chi connectivity index (χ3v) is 4.38. The molecular formula is C18H19N5S. The van der Waals surface area contributed by atoms with Crippen molar-refractivity contribution in [3.05, 3.63) is 54.1 Å². The Hall–Kier alpha value is -2.60. The summed E-state index contributed by atoms with van der Waals surface area (Å²) >= 11 is 1.53. The number of benzene rings is 2. The molecular weight excluding hydrogens is 318 g/mol. The molecule has 0 unspecified atom stereocenters. The third kappa shape index (κ3) is 4.02. The molecule has 0 spiro atoms. The molecule has 0 saturated carbocycles. The Morgan fingerprint density at radius 2 is 1.92 bits per heavy atom. The Morgan fingerprint density at radius 3 is 2.71 bits per heavy atom. The zero-order valence-electron chi connectivity index (χ0n) is 13.7. The Kier molecular flexibility index (Phi) is 5.28. The van der Waals surface area contributed by atoms with Gasteiger partial charge >= 0.3 is 0 Å². The van der Waals surface area contributed by atoms with Gasteiger partial charge in [0.15, 0.2) is 5.84 Å². The number of anilines is 1. The second-order valence-corrected chi connectivity index (χ2v) is 6.38. The van der Waals surface area contributed by atoms with Crippen molar-refractivity contribution >= 4 is 38.2 Å². The number of hydrazone groups is 1. The van der Waals surface area contributed by atoms with E-state index in [2.05, 4.69) is 32.7 Å². The van der Waals surface area contributed by atoms with Gasteiger partial charge in [0.25, 0.3) is 0 Å². The van der Waals surface area contributed by atoms with Crippen LogP contribution < -0.4 is 5.43 Å². The van der Waals surface area contributed by atoms with Crippen molar-refractivity contribution in [3.63, 3.8) is 0 Å². The first-order valence-electron chi connectivity index (χ1n) is 7.92. The van der Waals surface area contributed by atoms with Gasteiger partial charge in [-0.15, -0.1) is 10.2 Å². The maximum atomic E-state index is 4.46. The number of rotatable bonds is 5. The number of para-hydroxylation sites is 2. The molecule has 3 aromatic rings. The second kappa shape index (κ2) is 7.79. The van der Waals surface area contributed by atoms with E-state index < -0.39 is 0 Å². The molecule has 1 heterocycles. The van der Waals surface area contributed by atoms with Crippen LogP contribution in [-0.2, 0) is 0 Å². The minimum absolute atomic E-state index is 0.649. The van der Waals surface area contributed by atoms with E-state index >= 15 is 0 Å². The summed E-state index contributed by atoms with van der Waals surface area (Å²) in [7, 11) is 0. The molecule has 0 aliphatic heterocycles. The normalized spacial score (nSPS) is 12.2. The van der Waals surface area contributed by atoms with Crippen LogP contribution in [0.25, 0.3) is 10.2 Å². The summed E-state index contributed by atoms with van der Waals surface area (Å²) in [5.74, 6) is 0.667. The molecule has 0 bridgehead atoms. The maximum absolute atomic E-state index is 4.46. The fourth-order valence-electron chi connectivity index (χ4n) is 2.18. The molecule has 0 aliphatic rings. The van der Waals surface area contributed by atoms with Crippen molar-refractivity contribution in [2.24, 2.45) is 15.3 Å². The number of amidine groups is 1. The summed E-state index contributed by atoms with van der Waals surface area (Å²) in [5, 5.41) is 13.6. The highest BCUT2D eigenvalue weighted by Gasteiger charge is 2.03. The van der Waals surface area contributed by atoms with Crippen LogP contribution in [-0.4, -0.2) is 10.8 Å². The zero-order chi connectivity index (χ0) is 16.8. The molecule has 5 nitrogen and oxygen atoms in total. The molecule has 2 aromatic carbocycles. The molecule has 3 rings (SSSR count). The predicted molar refractivity (Wildman–Crippen MR) is 101 cm³/mol. The molecule has 0 atom stereocenters. The van der Waals surface area contributed by atoms with E-state index in [0.29, 0.717) is 11.0 Å². The second-order valence-electron chi connectivity index (χ2n) is 5.37. The van der Waals surface area contributed by atoms with Crippen molar-refractivity contribution in [3.8, 4) is 0 Å². The lowest BCUT2D eigenvalue weighted by Gasteiger charge is -2.04. The van der Waals surface area contributed by atoms with Gasteiger partial charge < -0.3 is 0 Å². The lowest BCUT2D eigenvalue weighted by atomic mass is 10.2. The van der Waals surface area contributed by atoms with Crippen LogP contribution in [0.2, 0.25) is 0 Å². The van der Waals surface area contributed by atoms with E-state index in [4.69, 9.17) is 0 Å². The molecule has 6 heteroatoms. The largest absolute Gasteiger partial charge is 0.276 e. The Labute approximate surface area is 145 Å². The van der Waals surface area contributed by atoms with Crippen LogP contribution in [0.1, 0.15) is 25.3 Å². The number of hydrogen-bond donors (Lipinski definition) is 1. The highest BCUT2D eigenvalue weighted by atomic mass is 32.1. The van der Waals surface area contributed by atoms with E-state index in [0.717, 1.165) is 34.3 Å². The van der Waals surface area contributed by atoms with Crippen LogP contribution in [0.3, 0.4) is 0 Å². The van der Waals surface area contributed by atoms with E-state index in [9.17, 15) is 0 Å². The number of hydrogen-bond acceptors (Lipinski definition) is 5. The first kappa shape index (κ1) is 16.3. The number of thiazole rings is 1. The molecule has 0 fully saturated rings. The van der Waals surface area contributed by atoms with Gasteiger partial charge in [0.05, 0.1) is 15.9 Å². The molecule has 24 heavy (non-hydrogen) atoms. The average Bonchev–Trinajstić information content (AvgIpc) is 3.01. The molecule has 122 valence electrons. The monoisotopic (exact) mass is 337 g/mol. The number of nitrogens with zero attached hydrogens (tertiary/aromatic N) is 4. The van der Waals surface area contributed by atoms with Gasteiger partial charge in [-0.25, -0.2) is 4.98 Å². The fraction of sp³-hybridized carbons (Fsp3) is 0.222. The SMILES string of the molecule is CCCC(N=Nc1nc2ccccc2s1)=NNc1ccccc1C. The summed E-state index contributed by atoms with van der Waals surface area (Å²) in [6, 6.07) is 16.0. The van der Waals surface area contributed by atoms with Gasteiger partial charge in [-0.3, -0.25) is 5.43 Å². The standard InChI is InChI=1S/C18H19N5S/c1-3-8-17(21-20-14-10-5-4-9-13(14)2)22-23-18-19-15-11-6-7-12-16(15)24-18/h4-7,9-12,20H,3,8H2,1-2H3. The van der Waals surface area contributed by atoms with Gasteiger partial charge in [-0.05, 0) is 37.1 Å². The molecule has 0 amide bonds. The van der Waals surface area contributed by atoms with Crippen LogP contribution in [0.5, 0.6) is 0 Å². The van der Waals surface area contributed by atoms with Crippen molar-refractivity contribution in [1.82, 2.24) is 4.98 Å². The summed E-state index contributed by atoms with van der Waals surface area (Å²) in [6.45, 7) is 4.14. The van der Waals surface area contributed by atoms with Gasteiger partial charge in [0, 0.05) is 6.42 Å². The van der Waals surface area contributed by atoms with Crippen LogP contribution in [0, 0.1) is 6.92 Å². The number of aromatic nitrogens is 1. The third-order valence-electron chi connectivity index (χ3n) is 3.46. The minimum Gasteiger partial charge on any atom is -0.276 e. The van der Waals surface area contributed by atoms with Crippen LogP contribution >= 0.6 is 11.3 Å². The summed E-state index contributed by atoms with van der Waals surface area (Å²) in [4.78, 5) is 4.46. The average molecular weight is 337 g/mol. The lowest BCUT2D eigenvalue weighted by Crippen LogP contribution is -1.99. The number of azo groups is 1. The topological polar surface area (TPSA) is 62.0 Å². The minimum atomic E-state index is 0.649. The lowest BCUT2D eigenvalue weighted by molar-refractivity contribution is 0.966. The van der Waals surface area contributed by atoms with E-state index in [1.807, 2.05) is 55.5 Å². The van der Waals surface area contributed by atoms with Crippen molar-refractivity contribution in [2.75, 3.05) is 5.43 Å². The molecule has 1 aromatic heterocycles. The number of fused-ring (bicyclic) bond motifs is 1. The van der Waals surface area contributed by atoms with Gasteiger partial charge in [0.1, 0.15) is 0 Å². The van der Waals surface area contributed by atoms with Gasteiger partial charge in [-0.1, -0.05) is 48.6 Å². The Balaban J connectivity index is 1.77. The van der Waals surface area contributed by atoms with Crippen LogP contribution in [0.4, 0.5) is 10.8 Å². The summed E-state index contributed by atoms with van der Waals surface area (Å²) in [5.41, 5.74) is 6.14. The first-order valence-corrected chi connectivity index (χ1v) is 8.73. The smallest absolute Gasteiger partial charge is 0.231 e. The Bertz CT molecular complexity index is 849. The molecule has 0 saturated heterocycles. The zero-order valence-corrected chi connectivity index (χ0v) is 14.5. The first-order chi connectivity index (χ1) is 11.8. The van der Waals surface area contributed by atoms with Crippen LogP contribution in [0.15, 0.2) is 63.9 Å². The van der Waals surface area contributed by atoms with Crippen molar-refractivity contribution < 1.29 is 0 Å².